The van der Waals surface area contributed by atoms with Crippen LogP contribution in [0, 0.1) is 20.8 Å². The minimum absolute atomic E-state index is 0.228. The van der Waals surface area contributed by atoms with Crippen LogP contribution in [-0.4, -0.2) is 18.4 Å². The third kappa shape index (κ3) is 4.24. The molecule has 5 nitrogen and oxygen atoms in total. The van der Waals surface area contributed by atoms with Crippen molar-refractivity contribution in [1.82, 2.24) is 0 Å². The molecule has 0 aliphatic carbocycles. The van der Waals surface area contributed by atoms with E-state index >= 15 is 0 Å². The van der Waals surface area contributed by atoms with E-state index in [1.165, 1.54) is 4.90 Å². The number of halogens is 1. The second kappa shape index (κ2) is 9.12. The molecular weight excluding hydrogens is 436 g/mol. The zero-order valence-corrected chi connectivity index (χ0v) is 19.8. The van der Waals surface area contributed by atoms with Gasteiger partial charge in [0.05, 0.1) is 17.9 Å². The van der Waals surface area contributed by atoms with E-state index < -0.39 is 5.91 Å². The van der Waals surface area contributed by atoms with Crippen LogP contribution < -0.4 is 15.0 Å². The van der Waals surface area contributed by atoms with E-state index in [2.05, 4.69) is 5.32 Å². The van der Waals surface area contributed by atoms with Crippen molar-refractivity contribution < 1.29 is 14.3 Å². The molecule has 1 aliphatic rings. The van der Waals surface area contributed by atoms with E-state index in [-0.39, 0.29) is 11.6 Å². The molecule has 0 radical (unpaired) electrons. The van der Waals surface area contributed by atoms with E-state index in [1.54, 1.807) is 36.4 Å². The van der Waals surface area contributed by atoms with Gasteiger partial charge in [-0.15, -0.1) is 0 Å². The standard InChI is InChI=1S/C27H25ClN2O3/c1-5-33-20-12-10-19(11-13-20)30-26(31)24(21-14-9-16(2)15-17(21)3)25(27(30)32)29-23-8-6-7-22(28)18(23)4/h6-15,29H,5H2,1-4H3. The molecule has 3 aromatic carbocycles. The number of hydrogen-bond acceptors (Lipinski definition) is 4. The Labute approximate surface area is 198 Å². The summed E-state index contributed by atoms with van der Waals surface area (Å²) in [6.45, 7) is 8.24. The number of nitrogens with zero attached hydrogens (tertiary/aromatic N) is 1. The predicted molar refractivity (Wildman–Crippen MR) is 133 cm³/mol. The molecule has 0 saturated heterocycles. The van der Waals surface area contributed by atoms with Crippen LogP contribution in [0.3, 0.4) is 0 Å². The fraction of sp³-hybridized carbons (Fsp3) is 0.185. The molecule has 33 heavy (non-hydrogen) atoms. The number of nitrogens with one attached hydrogen (secondary N) is 1. The van der Waals surface area contributed by atoms with Gasteiger partial charge in [-0.3, -0.25) is 9.59 Å². The number of carbonyl (C=O) groups is 2. The van der Waals surface area contributed by atoms with E-state index in [9.17, 15) is 9.59 Å². The fourth-order valence-electron chi connectivity index (χ4n) is 3.96. The van der Waals surface area contributed by atoms with Crippen molar-refractivity contribution >= 4 is 40.4 Å². The van der Waals surface area contributed by atoms with Gasteiger partial charge in [0.15, 0.2) is 0 Å². The lowest BCUT2D eigenvalue weighted by atomic mass is 9.97. The maximum Gasteiger partial charge on any atom is 0.282 e. The van der Waals surface area contributed by atoms with Gasteiger partial charge in [0, 0.05) is 10.7 Å². The minimum Gasteiger partial charge on any atom is -0.494 e. The van der Waals surface area contributed by atoms with Gasteiger partial charge < -0.3 is 10.1 Å². The second-order valence-electron chi connectivity index (χ2n) is 7.98. The summed E-state index contributed by atoms with van der Waals surface area (Å²) in [6, 6.07) is 18.2. The summed E-state index contributed by atoms with van der Waals surface area (Å²) >= 11 is 6.30. The SMILES string of the molecule is CCOc1ccc(N2C(=O)C(Nc3cccc(Cl)c3C)=C(c3ccc(C)cc3C)C2=O)cc1. The average molecular weight is 461 g/mol. The normalized spacial score (nSPS) is 13.7. The topological polar surface area (TPSA) is 58.6 Å². The summed E-state index contributed by atoms with van der Waals surface area (Å²) in [5.74, 6) is -0.118. The highest BCUT2D eigenvalue weighted by molar-refractivity contribution is 6.46. The lowest BCUT2D eigenvalue weighted by Crippen LogP contribution is -2.32. The zero-order valence-electron chi connectivity index (χ0n) is 19.0. The Balaban J connectivity index is 1.83. The summed E-state index contributed by atoms with van der Waals surface area (Å²) in [5.41, 5.74) is 5.24. The molecule has 6 heteroatoms. The first-order valence-corrected chi connectivity index (χ1v) is 11.1. The monoisotopic (exact) mass is 460 g/mol. The van der Waals surface area contributed by atoms with Crippen LogP contribution in [-0.2, 0) is 9.59 Å². The molecule has 0 fully saturated rings. The van der Waals surface area contributed by atoms with Crippen LogP contribution >= 0.6 is 11.6 Å². The van der Waals surface area contributed by atoms with Gasteiger partial charge in [-0.2, -0.15) is 0 Å². The van der Waals surface area contributed by atoms with Crippen molar-refractivity contribution in [2.24, 2.45) is 0 Å². The Kier molecular flexibility index (Phi) is 6.25. The molecule has 0 atom stereocenters. The summed E-state index contributed by atoms with van der Waals surface area (Å²) in [6.07, 6.45) is 0. The van der Waals surface area contributed by atoms with Crippen LogP contribution in [0.5, 0.6) is 5.75 Å². The van der Waals surface area contributed by atoms with Crippen molar-refractivity contribution in [3.8, 4) is 5.75 Å². The number of ether oxygens (including phenoxy) is 1. The van der Waals surface area contributed by atoms with Crippen molar-refractivity contribution in [3.63, 3.8) is 0 Å². The number of aryl methyl sites for hydroxylation is 2. The van der Waals surface area contributed by atoms with Gasteiger partial charge in [-0.25, -0.2) is 4.90 Å². The third-order valence-corrected chi connectivity index (χ3v) is 6.08. The van der Waals surface area contributed by atoms with Crippen LogP contribution in [0.15, 0.2) is 66.4 Å². The zero-order chi connectivity index (χ0) is 23.7. The van der Waals surface area contributed by atoms with Crippen LogP contribution in [0.25, 0.3) is 5.57 Å². The summed E-state index contributed by atoms with van der Waals surface area (Å²) < 4.78 is 5.50. The molecule has 2 amide bonds. The van der Waals surface area contributed by atoms with Crippen molar-refractivity contribution in [2.75, 3.05) is 16.8 Å². The Morgan fingerprint density at radius 2 is 1.67 bits per heavy atom. The minimum atomic E-state index is -0.418. The molecule has 0 saturated carbocycles. The number of imide groups is 1. The van der Waals surface area contributed by atoms with E-state index in [0.29, 0.717) is 34.3 Å². The molecule has 0 spiro atoms. The molecule has 4 rings (SSSR count). The second-order valence-corrected chi connectivity index (χ2v) is 8.39. The molecule has 0 bridgehead atoms. The quantitative estimate of drug-likeness (QED) is 0.454. The lowest BCUT2D eigenvalue weighted by Gasteiger charge is -2.16. The maximum absolute atomic E-state index is 13.7. The first-order chi connectivity index (χ1) is 15.8. The molecule has 1 N–H and O–H groups in total. The van der Waals surface area contributed by atoms with E-state index in [4.69, 9.17) is 16.3 Å². The van der Waals surface area contributed by atoms with Gasteiger partial charge in [-0.1, -0.05) is 41.4 Å². The molecule has 168 valence electrons. The highest BCUT2D eigenvalue weighted by Crippen LogP contribution is 2.36. The molecule has 0 aromatic heterocycles. The number of rotatable bonds is 6. The van der Waals surface area contributed by atoms with Gasteiger partial charge in [0.25, 0.3) is 11.8 Å². The van der Waals surface area contributed by atoms with Gasteiger partial charge in [0.1, 0.15) is 11.4 Å². The smallest absolute Gasteiger partial charge is 0.282 e. The van der Waals surface area contributed by atoms with E-state index in [1.807, 2.05) is 52.0 Å². The van der Waals surface area contributed by atoms with Crippen LogP contribution in [0.4, 0.5) is 11.4 Å². The lowest BCUT2D eigenvalue weighted by molar-refractivity contribution is -0.120. The molecule has 0 unspecified atom stereocenters. The highest BCUT2D eigenvalue weighted by atomic mass is 35.5. The number of anilines is 2. The first-order valence-electron chi connectivity index (χ1n) is 10.8. The number of carbonyl (C=O) groups excluding carboxylic acids is 2. The molecule has 1 aliphatic heterocycles. The Morgan fingerprint density at radius 1 is 0.939 bits per heavy atom. The summed E-state index contributed by atoms with van der Waals surface area (Å²) in [7, 11) is 0. The van der Waals surface area contributed by atoms with Crippen LogP contribution in [0.2, 0.25) is 5.02 Å². The van der Waals surface area contributed by atoms with Crippen molar-refractivity contribution in [2.45, 2.75) is 27.7 Å². The van der Waals surface area contributed by atoms with Gasteiger partial charge in [-0.05, 0) is 80.8 Å². The number of benzene rings is 3. The van der Waals surface area contributed by atoms with Crippen LogP contribution in [0.1, 0.15) is 29.2 Å². The van der Waals surface area contributed by atoms with Gasteiger partial charge >= 0.3 is 0 Å². The maximum atomic E-state index is 13.7. The Hall–Kier alpha value is -3.57. The van der Waals surface area contributed by atoms with Crippen molar-refractivity contribution in [3.05, 3.63) is 93.6 Å². The average Bonchev–Trinajstić information content (AvgIpc) is 3.02. The largest absolute Gasteiger partial charge is 0.494 e. The molecular formula is C27H25ClN2O3. The predicted octanol–water partition coefficient (Wildman–Crippen LogP) is 6.06. The first kappa shape index (κ1) is 22.6. The summed E-state index contributed by atoms with van der Waals surface area (Å²) in [5, 5.41) is 3.79. The number of hydrogen-bond donors (Lipinski definition) is 1. The summed E-state index contributed by atoms with van der Waals surface area (Å²) in [4.78, 5) is 28.5. The van der Waals surface area contributed by atoms with Crippen molar-refractivity contribution in [1.29, 1.82) is 0 Å². The van der Waals surface area contributed by atoms with E-state index in [0.717, 1.165) is 22.3 Å². The molecule has 3 aromatic rings. The Bertz CT molecular complexity index is 1280. The number of amides is 2. The Morgan fingerprint density at radius 3 is 2.33 bits per heavy atom. The van der Waals surface area contributed by atoms with Gasteiger partial charge in [0.2, 0.25) is 0 Å². The third-order valence-electron chi connectivity index (χ3n) is 5.67. The highest BCUT2D eigenvalue weighted by Gasteiger charge is 2.40. The fourth-order valence-corrected chi connectivity index (χ4v) is 4.13. The molecule has 1 heterocycles.